The molecule has 1 atom stereocenters. The normalized spacial score (nSPS) is 21.0. The van der Waals surface area contributed by atoms with E-state index in [1.165, 1.54) is 11.8 Å². The van der Waals surface area contributed by atoms with Gasteiger partial charge in [-0.2, -0.15) is 0 Å². The van der Waals surface area contributed by atoms with Crippen molar-refractivity contribution in [3.63, 3.8) is 0 Å². The highest BCUT2D eigenvalue weighted by atomic mass is 32.2. The number of nitrogens with one attached hydrogen (secondary N) is 1. The molecule has 1 aromatic carbocycles. The lowest BCUT2D eigenvalue weighted by Crippen LogP contribution is -2.06. The van der Waals surface area contributed by atoms with Gasteiger partial charge >= 0.3 is 0 Å². The van der Waals surface area contributed by atoms with Crippen LogP contribution in [0.2, 0.25) is 0 Å². The Morgan fingerprint density at radius 2 is 2.36 bits per heavy atom. The number of nitrogen functional groups attached to an aromatic ring is 1. The van der Waals surface area contributed by atoms with Gasteiger partial charge in [-0.25, -0.2) is 0 Å². The first-order valence-electron chi connectivity index (χ1n) is 3.26. The fraction of sp³-hybridized carbons (Fsp3) is 0.143. The summed E-state index contributed by atoms with van der Waals surface area (Å²) in [5, 5.41) is 12.0. The quantitative estimate of drug-likeness (QED) is 0.507. The first kappa shape index (κ1) is 6.82. The number of fused-ring (bicyclic) bond motifs is 1. The topological polar surface area (TPSA) is 58.3 Å². The molecule has 58 valence electrons. The Morgan fingerprint density at radius 3 is 3.18 bits per heavy atom. The van der Waals surface area contributed by atoms with Gasteiger partial charge < -0.3 is 16.2 Å². The first-order chi connectivity index (χ1) is 5.25. The third kappa shape index (κ3) is 1.15. The maximum atomic E-state index is 9.15. The molecule has 0 saturated carbocycles. The number of thioether (sulfide) groups is 1. The maximum absolute atomic E-state index is 9.15. The summed E-state index contributed by atoms with van der Waals surface area (Å²) in [6.45, 7) is 0. The van der Waals surface area contributed by atoms with Crippen LogP contribution in [0.4, 0.5) is 11.4 Å². The van der Waals surface area contributed by atoms with Gasteiger partial charge in [-0.1, -0.05) is 11.8 Å². The monoisotopic (exact) mass is 168 g/mol. The second-order valence-corrected chi connectivity index (χ2v) is 3.49. The molecular weight excluding hydrogens is 160 g/mol. The van der Waals surface area contributed by atoms with Crippen LogP contribution in [0.25, 0.3) is 0 Å². The zero-order valence-corrected chi connectivity index (χ0v) is 6.56. The van der Waals surface area contributed by atoms with Gasteiger partial charge in [0.25, 0.3) is 0 Å². The van der Waals surface area contributed by atoms with E-state index in [-0.39, 0.29) is 0 Å². The Balaban J connectivity index is 2.43. The third-order valence-corrected chi connectivity index (χ3v) is 2.47. The highest BCUT2D eigenvalue weighted by molar-refractivity contribution is 8.00. The summed E-state index contributed by atoms with van der Waals surface area (Å²) < 4.78 is 0. The van der Waals surface area contributed by atoms with Gasteiger partial charge in [0.05, 0.1) is 5.69 Å². The Labute approximate surface area is 68.6 Å². The fourth-order valence-electron chi connectivity index (χ4n) is 1.05. The molecule has 2 rings (SSSR count). The number of rotatable bonds is 0. The summed E-state index contributed by atoms with van der Waals surface area (Å²) in [6.07, 6.45) is 0. The number of aliphatic hydroxyl groups is 1. The first-order valence-corrected chi connectivity index (χ1v) is 4.14. The minimum Gasteiger partial charge on any atom is -0.399 e. The molecule has 0 aliphatic carbocycles. The van der Waals surface area contributed by atoms with Crippen LogP contribution in [-0.4, -0.2) is 10.7 Å². The molecule has 1 heterocycles. The molecular formula is C7H8N2OS. The van der Waals surface area contributed by atoms with Crippen LogP contribution in [0.15, 0.2) is 23.1 Å². The highest BCUT2D eigenvalue weighted by Crippen LogP contribution is 2.37. The number of anilines is 2. The van der Waals surface area contributed by atoms with E-state index in [0.29, 0.717) is 5.69 Å². The molecule has 11 heavy (non-hydrogen) atoms. The van der Waals surface area contributed by atoms with Crippen LogP contribution in [0.5, 0.6) is 0 Å². The van der Waals surface area contributed by atoms with Crippen molar-refractivity contribution in [3.8, 4) is 0 Å². The molecule has 1 aromatic rings. The lowest BCUT2D eigenvalue weighted by Gasteiger charge is -1.99. The van der Waals surface area contributed by atoms with E-state index in [4.69, 9.17) is 10.8 Å². The summed E-state index contributed by atoms with van der Waals surface area (Å²) in [5.41, 5.74) is 6.66. The van der Waals surface area contributed by atoms with E-state index in [2.05, 4.69) is 5.32 Å². The van der Waals surface area contributed by atoms with Gasteiger partial charge in [-0.15, -0.1) is 0 Å². The second kappa shape index (κ2) is 2.32. The molecule has 1 aliphatic heterocycles. The minimum absolute atomic E-state index is 0.521. The van der Waals surface area contributed by atoms with Crippen molar-refractivity contribution >= 4 is 23.1 Å². The molecule has 0 saturated heterocycles. The summed E-state index contributed by atoms with van der Waals surface area (Å²) in [5.74, 6) is 0. The van der Waals surface area contributed by atoms with Crippen molar-refractivity contribution in [2.24, 2.45) is 0 Å². The minimum atomic E-state index is -0.521. The molecule has 1 unspecified atom stereocenters. The number of hydrogen-bond donors (Lipinski definition) is 3. The average Bonchev–Trinajstić information content (AvgIpc) is 2.27. The van der Waals surface area contributed by atoms with Crippen LogP contribution < -0.4 is 11.1 Å². The van der Waals surface area contributed by atoms with Gasteiger partial charge in [0, 0.05) is 10.6 Å². The summed E-state index contributed by atoms with van der Waals surface area (Å²) in [6, 6.07) is 5.54. The lowest BCUT2D eigenvalue weighted by atomic mass is 10.3. The average molecular weight is 168 g/mol. The number of nitrogens with two attached hydrogens (primary N) is 1. The predicted octanol–water partition coefficient (Wildman–Crippen LogP) is 1.06. The molecule has 4 N–H and O–H groups in total. The van der Waals surface area contributed by atoms with Gasteiger partial charge in [0.2, 0.25) is 0 Å². The Kier molecular flexibility index (Phi) is 1.44. The van der Waals surface area contributed by atoms with E-state index in [9.17, 15) is 0 Å². The Morgan fingerprint density at radius 1 is 1.55 bits per heavy atom. The fourth-order valence-corrected chi connectivity index (χ4v) is 1.86. The van der Waals surface area contributed by atoms with Gasteiger partial charge in [-0.3, -0.25) is 0 Å². The van der Waals surface area contributed by atoms with Crippen molar-refractivity contribution in [2.45, 2.75) is 10.5 Å². The zero-order chi connectivity index (χ0) is 7.84. The molecule has 0 radical (unpaired) electrons. The van der Waals surface area contributed by atoms with E-state index < -0.39 is 5.56 Å². The van der Waals surface area contributed by atoms with E-state index in [1.54, 1.807) is 0 Å². The third-order valence-electron chi connectivity index (χ3n) is 1.52. The van der Waals surface area contributed by atoms with Crippen LogP contribution in [0.3, 0.4) is 0 Å². The van der Waals surface area contributed by atoms with E-state index in [1.807, 2.05) is 18.2 Å². The molecule has 1 aliphatic rings. The van der Waals surface area contributed by atoms with Gasteiger partial charge in [0.1, 0.15) is 0 Å². The number of aliphatic hydroxyl groups excluding tert-OH is 1. The molecule has 4 heteroatoms. The van der Waals surface area contributed by atoms with Crippen molar-refractivity contribution in [3.05, 3.63) is 18.2 Å². The van der Waals surface area contributed by atoms with Crippen molar-refractivity contribution < 1.29 is 5.11 Å². The predicted molar refractivity (Wildman–Crippen MR) is 46.3 cm³/mol. The highest BCUT2D eigenvalue weighted by Gasteiger charge is 2.17. The van der Waals surface area contributed by atoms with E-state index >= 15 is 0 Å². The van der Waals surface area contributed by atoms with Crippen LogP contribution in [0, 0.1) is 0 Å². The van der Waals surface area contributed by atoms with Crippen molar-refractivity contribution in [1.82, 2.24) is 0 Å². The Hall–Kier alpha value is -0.870. The smallest absolute Gasteiger partial charge is 0.178 e. The van der Waals surface area contributed by atoms with Gasteiger partial charge in [0.15, 0.2) is 5.56 Å². The zero-order valence-electron chi connectivity index (χ0n) is 5.74. The van der Waals surface area contributed by atoms with Crippen LogP contribution >= 0.6 is 11.8 Å². The van der Waals surface area contributed by atoms with E-state index in [0.717, 1.165) is 10.6 Å². The molecule has 3 nitrogen and oxygen atoms in total. The maximum Gasteiger partial charge on any atom is 0.178 e. The summed E-state index contributed by atoms with van der Waals surface area (Å²) in [7, 11) is 0. The lowest BCUT2D eigenvalue weighted by molar-refractivity contribution is 0.294. The largest absolute Gasteiger partial charge is 0.399 e. The molecule has 0 spiro atoms. The van der Waals surface area contributed by atoms with Crippen molar-refractivity contribution in [1.29, 1.82) is 0 Å². The molecule has 0 aromatic heterocycles. The van der Waals surface area contributed by atoms with Crippen molar-refractivity contribution in [2.75, 3.05) is 11.1 Å². The number of hydrogen-bond acceptors (Lipinski definition) is 4. The molecule has 0 bridgehead atoms. The Bertz CT molecular complexity index is 290. The SMILES string of the molecule is Nc1ccc2c(c1)NC(O)S2. The standard InChI is InChI=1S/C7H8N2OS/c8-4-1-2-6-5(3-4)9-7(10)11-6/h1-3,7,9-10H,8H2. The molecule has 0 fully saturated rings. The van der Waals surface area contributed by atoms with Crippen LogP contribution in [-0.2, 0) is 0 Å². The van der Waals surface area contributed by atoms with Crippen LogP contribution in [0.1, 0.15) is 0 Å². The van der Waals surface area contributed by atoms with Gasteiger partial charge in [-0.05, 0) is 18.2 Å². The number of benzene rings is 1. The summed E-state index contributed by atoms with van der Waals surface area (Å²) >= 11 is 1.39. The molecule has 0 amide bonds. The summed E-state index contributed by atoms with van der Waals surface area (Å²) in [4.78, 5) is 1.05. The second-order valence-electron chi connectivity index (χ2n) is 2.37.